The highest BCUT2D eigenvalue weighted by molar-refractivity contribution is 14.1. The molecule has 0 spiro atoms. The zero-order valence-electron chi connectivity index (χ0n) is 15.2. The number of carbonyl (C=O) groups is 1. The maximum atomic E-state index is 12.6. The van der Waals surface area contributed by atoms with Crippen LogP contribution in [0, 0.1) is 14.9 Å². The van der Waals surface area contributed by atoms with Crippen LogP contribution in [0.5, 0.6) is 5.75 Å². The number of nitrogens with one attached hydrogen (secondary N) is 1. The SMILES string of the molecule is N#C/C(=C\c1cc(Br)ccc1OCc1ccccc1)C(=O)Nc1cccc(I)c1. The lowest BCUT2D eigenvalue weighted by Crippen LogP contribution is -2.13. The number of anilines is 1. The first kappa shape index (κ1) is 21.1. The van der Waals surface area contributed by atoms with E-state index >= 15 is 0 Å². The van der Waals surface area contributed by atoms with Crippen molar-refractivity contribution in [3.05, 3.63) is 97.5 Å². The molecule has 0 radical (unpaired) electrons. The number of ether oxygens (including phenoxy) is 1. The highest BCUT2D eigenvalue weighted by Gasteiger charge is 2.12. The van der Waals surface area contributed by atoms with Crippen LogP contribution in [-0.2, 0) is 11.4 Å². The van der Waals surface area contributed by atoms with Crippen LogP contribution in [0.2, 0.25) is 0 Å². The summed E-state index contributed by atoms with van der Waals surface area (Å²) in [5, 5.41) is 12.3. The van der Waals surface area contributed by atoms with Gasteiger partial charge in [0.15, 0.2) is 0 Å². The van der Waals surface area contributed by atoms with Crippen molar-refractivity contribution in [2.75, 3.05) is 5.32 Å². The fourth-order valence-corrected chi connectivity index (χ4v) is 3.49. The lowest BCUT2D eigenvalue weighted by atomic mass is 10.1. The molecule has 1 amide bonds. The second-order valence-electron chi connectivity index (χ2n) is 6.09. The molecule has 3 aromatic carbocycles. The van der Waals surface area contributed by atoms with Crippen molar-refractivity contribution in [2.45, 2.75) is 6.61 Å². The molecule has 0 atom stereocenters. The molecule has 0 heterocycles. The van der Waals surface area contributed by atoms with Gasteiger partial charge in [-0.3, -0.25) is 4.79 Å². The summed E-state index contributed by atoms with van der Waals surface area (Å²) in [4.78, 5) is 12.6. The minimum Gasteiger partial charge on any atom is -0.488 e. The van der Waals surface area contributed by atoms with Crippen molar-refractivity contribution in [3.8, 4) is 11.8 Å². The predicted molar refractivity (Wildman–Crippen MR) is 126 cm³/mol. The zero-order chi connectivity index (χ0) is 20.6. The molecule has 0 bridgehead atoms. The van der Waals surface area contributed by atoms with E-state index in [1.54, 1.807) is 6.07 Å². The summed E-state index contributed by atoms with van der Waals surface area (Å²) in [6.07, 6.45) is 1.54. The zero-order valence-corrected chi connectivity index (χ0v) is 19.0. The predicted octanol–water partition coefficient (Wildman–Crippen LogP) is 6.18. The third-order valence-electron chi connectivity index (χ3n) is 3.96. The average molecular weight is 559 g/mol. The van der Waals surface area contributed by atoms with E-state index in [1.165, 1.54) is 6.08 Å². The van der Waals surface area contributed by atoms with Crippen LogP contribution in [0.4, 0.5) is 5.69 Å². The monoisotopic (exact) mass is 558 g/mol. The molecule has 0 aromatic heterocycles. The van der Waals surface area contributed by atoms with Gasteiger partial charge in [-0.25, -0.2) is 0 Å². The van der Waals surface area contributed by atoms with Gasteiger partial charge in [0.05, 0.1) is 0 Å². The molecule has 144 valence electrons. The van der Waals surface area contributed by atoms with E-state index in [1.807, 2.05) is 72.8 Å². The highest BCUT2D eigenvalue weighted by atomic mass is 127. The van der Waals surface area contributed by atoms with Crippen LogP contribution in [0.25, 0.3) is 6.08 Å². The smallest absolute Gasteiger partial charge is 0.266 e. The number of rotatable bonds is 6. The highest BCUT2D eigenvalue weighted by Crippen LogP contribution is 2.27. The van der Waals surface area contributed by atoms with Gasteiger partial charge in [0.2, 0.25) is 0 Å². The van der Waals surface area contributed by atoms with Crippen molar-refractivity contribution in [3.63, 3.8) is 0 Å². The van der Waals surface area contributed by atoms with Gasteiger partial charge in [0, 0.05) is 19.3 Å². The van der Waals surface area contributed by atoms with E-state index in [4.69, 9.17) is 4.74 Å². The van der Waals surface area contributed by atoms with Crippen LogP contribution in [0.15, 0.2) is 82.8 Å². The first-order chi connectivity index (χ1) is 14.0. The Bertz CT molecular complexity index is 1090. The van der Waals surface area contributed by atoms with Gasteiger partial charge in [-0.1, -0.05) is 52.3 Å². The second kappa shape index (κ2) is 10.2. The van der Waals surface area contributed by atoms with E-state index < -0.39 is 5.91 Å². The summed E-state index contributed by atoms with van der Waals surface area (Å²) in [6, 6.07) is 24.6. The summed E-state index contributed by atoms with van der Waals surface area (Å²) < 4.78 is 7.75. The molecule has 3 aromatic rings. The van der Waals surface area contributed by atoms with E-state index in [2.05, 4.69) is 43.8 Å². The molecule has 0 saturated carbocycles. The number of halogens is 2. The van der Waals surface area contributed by atoms with Crippen LogP contribution in [0.3, 0.4) is 0 Å². The maximum Gasteiger partial charge on any atom is 0.266 e. The summed E-state index contributed by atoms with van der Waals surface area (Å²) >= 11 is 5.60. The van der Waals surface area contributed by atoms with Crippen molar-refractivity contribution in [1.29, 1.82) is 5.26 Å². The first-order valence-electron chi connectivity index (χ1n) is 8.70. The van der Waals surface area contributed by atoms with Crippen molar-refractivity contribution < 1.29 is 9.53 Å². The molecule has 6 heteroatoms. The lowest BCUT2D eigenvalue weighted by Gasteiger charge is -2.11. The van der Waals surface area contributed by atoms with Gasteiger partial charge < -0.3 is 10.1 Å². The second-order valence-corrected chi connectivity index (χ2v) is 8.25. The maximum absolute atomic E-state index is 12.6. The summed E-state index contributed by atoms with van der Waals surface area (Å²) in [5.74, 6) is 0.121. The minimum absolute atomic E-state index is 0.00785. The quantitative estimate of drug-likeness (QED) is 0.223. The van der Waals surface area contributed by atoms with Gasteiger partial charge >= 0.3 is 0 Å². The fraction of sp³-hybridized carbons (Fsp3) is 0.0435. The minimum atomic E-state index is -0.469. The topological polar surface area (TPSA) is 62.1 Å². The molecule has 0 aliphatic heterocycles. The number of benzene rings is 3. The van der Waals surface area contributed by atoms with Gasteiger partial charge in [-0.05, 0) is 70.6 Å². The molecule has 0 aliphatic rings. The van der Waals surface area contributed by atoms with Gasteiger partial charge in [-0.15, -0.1) is 0 Å². The number of nitrogens with zero attached hydrogens (tertiary/aromatic N) is 1. The van der Waals surface area contributed by atoms with E-state index in [-0.39, 0.29) is 5.57 Å². The normalized spacial score (nSPS) is 10.9. The van der Waals surface area contributed by atoms with Crippen molar-refractivity contribution in [2.24, 2.45) is 0 Å². The Morgan fingerprint density at radius 1 is 1.10 bits per heavy atom. The molecule has 0 aliphatic carbocycles. The van der Waals surface area contributed by atoms with E-state index in [9.17, 15) is 10.1 Å². The number of nitriles is 1. The average Bonchev–Trinajstić information content (AvgIpc) is 2.72. The number of carbonyl (C=O) groups excluding carboxylic acids is 1. The molecular formula is C23H16BrIN2O2. The van der Waals surface area contributed by atoms with Gasteiger partial charge in [0.25, 0.3) is 5.91 Å². The Morgan fingerprint density at radius 3 is 2.62 bits per heavy atom. The Morgan fingerprint density at radius 2 is 1.90 bits per heavy atom. The Hall–Kier alpha value is -2.63. The lowest BCUT2D eigenvalue weighted by molar-refractivity contribution is -0.112. The van der Waals surface area contributed by atoms with E-state index in [0.717, 1.165) is 13.6 Å². The van der Waals surface area contributed by atoms with Crippen molar-refractivity contribution in [1.82, 2.24) is 0 Å². The molecule has 4 nitrogen and oxygen atoms in total. The van der Waals surface area contributed by atoms with Gasteiger partial charge in [0.1, 0.15) is 24.0 Å². The molecule has 29 heavy (non-hydrogen) atoms. The first-order valence-corrected chi connectivity index (χ1v) is 10.6. The molecule has 3 rings (SSSR count). The van der Waals surface area contributed by atoms with Gasteiger partial charge in [-0.2, -0.15) is 5.26 Å². The summed E-state index contributed by atoms with van der Waals surface area (Å²) in [5.41, 5.74) is 2.30. The van der Waals surface area contributed by atoms with Crippen LogP contribution >= 0.6 is 38.5 Å². The fourth-order valence-electron chi connectivity index (χ4n) is 2.57. The van der Waals surface area contributed by atoms with Crippen molar-refractivity contribution >= 4 is 56.2 Å². The molecular weight excluding hydrogens is 543 g/mol. The number of hydrogen-bond acceptors (Lipinski definition) is 3. The third-order valence-corrected chi connectivity index (χ3v) is 5.12. The molecule has 0 unspecified atom stereocenters. The Kier molecular flexibility index (Phi) is 7.44. The molecule has 0 fully saturated rings. The number of amides is 1. The van der Waals surface area contributed by atoms with E-state index in [0.29, 0.717) is 23.6 Å². The Labute approximate surface area is 191 Å². The Balaban J connectivity index is 1.83. The number of hydrogen-bond donors (Lipinski definition) is 1. The summed E-state index contributed by atoms with van der Waals surface area (Å²) in [6.45, 7) is 0.389. The standard InChI is InChI=1S/C23H16BrIN2O2/c24-19-9-10-22(29-15-16-5-2-1-3-6-16)17(12-19)11-18(14-26)23(28)27-21-8-4-7-20(25)13-21/h1-13H,15H2,(H,27,28)/b18-11+. The largest absolute Gasteiger partial charge is 0.488 e. The van der Waals surface area contributed by atoms with Crippen LogP contribution in [-0.4, -0.2) is 5.91 Å². The van der Waals surface area contributed by atoms with Crippen LogP contribution < -0.4 is 10.1 Å². The summed E-state index contributed by atoms with van der Waals surface area (Å²) in [7, 11) is 0. The molecule has 0 saturated heterocycles. The van der Waals surface area contributed by atoms with Crippen LogP contribution in [0.1, 0.15) is 11.1 Å². The third kappa shape index (κ3) is 6.17. The molecule has 1 N–H and O–H groups in total.